The van der Waals surface area contributed by atoms with Crippen molar-refractivity contribution in [3.05, 3.63) is 89.9 Å². The molecule has 190 valence electrons. The minimum absolute atomic E-state index is 0.0706. The van der Waals surface area contributed by atoms with Crippen LogP contribution in [0.5, 0.6) is 0 Å². The molecule has 4 aromatic rings. The van der Waals surface area contributed by atoms with Gasteiger partial charge in [-0.3, -0.25) is 4.90 Å². The van der Waals surface area contributed by atoms with Gasteiger partial charge in [0.15, 0.2) is 23.3 Å². The minimum Gasteiger partial charge on any atom is -0.399 e. The zero-order valence-corrected chi connectivity index (χ0v) is 20.5. The van der Waals surface area contributed by atoms with Crippen LogP contribution >= 0.6 is 0 Å². The molecule has 1 saturated heterocycles. The van der Waals surface area contributed by atoms with Crippen LogP contribution in [0.4, 0.5) is 39.1 Å². The largest absolute Gasteiger partial charge is 0.496 e. The molecule has 5 rings (SSSR count). The minimum atomic E-state index is -2.23. The van der Waals surface area contributed by atoms with E-state index in [9.17, 15) is 13.2 Å². The van der Waals surface area contributed by atoms with E-state index in [1.807, 2.05) is 39.8 Å². The van der Waals surface area contributed by atoms with Gasteiger partial charge in [0.05, 0.1) is 11.2 Å². The van der Waals surface area contributed by atoms with Gasteiger partial charge in [-0.2, -0.15) is 0 Å². The monoisotopic (exact) mass is 512 g/mol. The Bertz CT molecular complexity index is 1470. The fourth-order valence-corrected chi connectivity index (χ4v) is 4.13. The van der Waals surface area contributed by atoms with Crippen LogP contribution in [0.3, 0.4) is 0 Å². The van der Waals surface area contributed by atoms with Gasteiger partial charge in [-0.1, -0.05) is 36.4 Å². The topological polar surface area (TPSA) is 34.6 Å². The van der Waals surface area contributed by atoms with E-state index in [0.717, 1.165) is 10.3 Å². The zero-order chi connectivity index (χ0) is 26.7. The molecular weight excluding hydrogens is 490 g/mol. The first-order valence-corrected chi connectivity index (χ1v) is 11.5. The second-order valence-electron chi connectivity index (χ2n) is 9.82. The highest BCUT2D eigenvalue weighted by Crippen LogP contribution is 2.41. The van der Waals surface area contributed by atoms with E-state index in [0.29, 0.717) is 10.8 Å². The van der Waals surface area contributed by atoms with Crippen molar-refractivity contribution < 1.29 is 31.3 Å². The molecule has 0 N–H and O–H groups in total. The summed E-state index contributed by atoms with van der Waals surface area (Å²) >= 11 is 0. The van der Waals surface area contributed by atoms with Crippen molar-refractivity contribution in [2.75, 3.05) is 4.90 Å². The lowest BCUT2D eigenvalue weighted by molar-refractivity contribution is 0.00578. The number of anilines is 3. The van der Waals surface area contributed by atoms with Crippen LogP contribution < -0.4 is 10.4 Å². The number of hydrogen-bond acceptors (Lipinski definition) is 4. The maximum absolute atomic E-state index is 15.0. The third kappa shape index (κ3) is 4.14. The standard InChI is InChI=1S/C27H22BF5N2O2/c1-26(2)27(3,4)37-28(36-26)17-10-12-19(34-14-17)35(18-11-9-15-7-5-6-8-16(15)13-18)25-23(32)21(30)20(29)22(31)24(25)33/h5-14H,1-4H3. The highest BCUT2D eigenvalue weighted by atomic mass is 19.2. The Morgan fingerprint density at radius 3 is 1.84 bits per heavy atom. The van der Waals surface area contributed by atoms with Gasteiger partial charge in [-0.05, 0) is 56.7 Å². The third-order valence-electron chi connectivity index (χ3n) is 6.93. The zero-order valence-electron chi connectivity index (χ0n) is 20.5. The first kappa shape index (κ1) is 25.2. The SMILES string of the molecule is CC1(C)OB(c2ccc(N(c3ccc4ccccc4c3)c3c(F)c(F)c(F)c(F)c3F)nc2)OC1(C)C. The Hall–Kier alpha value is -3.50. The van der Waals surface area contributed by atoms with Gasteiger partial charge < -0.3 is 9.31 Å². The van der Waals surface area contributed by atoms with E-state index in [1.165, 1.54) is 18.3 Å². The molecule has 1 aliphatic heterocycles. The molecule has 3 aromatic carbocycles. The van der Waals surface area contributed by atoms with Gasteiger partial charge in [0, 0.05) is 17.3 Å². The highest BCUT2D eigenvalue weighted by Gasteiger charge is 2.51. The number of aromatic nitrogens is 1. The normalized spacial score (nSPS) is 16.4. The van der Waals surface area contributed by atoms with Crippen molar-refractivity contribution in [2.45, 2.75) is 38.9 Å². The predicted octanol–water partition coefficient (Wildman–Crippen LogP) is 6.70. The average Bonchev–Trinajstić information content (AvgIpc) is 3.10. The summed E-state index contributed by atoms with van der Waals surface area (Å²) in [6.45, 7) is 7.55. The summed E-state index contributed by atoms with van der Waals surface area (Å²) in [5, 5.41) is 1.52. The lowest BCUT2D eigenvalue weighted by atomic mass is 9.80. The molecule has 10 heteroatoms. The lowest BCUT2D eigenvalue weighted by Crippen LogP contribution is -2.41. The van der Waals surface area contributed by atoms with Crippen molar-refractivity contribution in [1.29, 1.82) is 0 Å². The van der Waals surface area contributed by atoms with Crippen LogP contribution in [0.15, 0.2) is 60.8 Å². The smallest absolute Gasteiger partial charge is 0.399 e. The Balaban J connectivity index is 1.65. The van der Waals surface area contributed by atoms with Crippen LogP contribution in [0.25, 0.3) is 10.8 Å². The Morgan fingerprint density at radius 1 is 0.703 bits per heavy atom. The Labute approximate surface area is 210 Å². The molecule has 1 aliphatic rings. The second-order valence-corrected chi connectivity index (χ2v) is 9.82. The number of fused-ring (bicyclic) bond motifs is 1. The number of benzene rings is 3. The van der Waals surface area contributed by atoms with Crippen LogP contribution in [0, 0.1) is 29.1 Å². The number of nitrogens with zero attached hydrogens (tertiary/aromatic N) is 2. The second kappa shape index (κ2) is 8.81. The maximum atomic E-state index is 15.0. The van der Waals surface area contributed by atoms with Crippen molar-refractivity contribution in [3.63, 3.8) is 0 Å². The van der Waals surface area contributed by atoms with Gasteiger partial charge in [-0.25, -0.2) is 26.9 Å². The van der Waals surface area contributed by atoms with Crippen molar-refractivity contribution >= 4 is 40.5 Å². The number of pyridine rings is 1. The maximum Gasteiger partial charge on any atom is 0.496 e. The van der Waals surface area contributed by atoms with E-state index in [4.69, 9.17) is 9.31 Å². The quantitative estimate of drug-likeness (QED) is 0.132. The number of halogens is 5. The van der Waals surface area contributed by atoms with Gasteiger partial charge in [-0.15, -0.1) is 0 Å². The van der Waals surface area contributed by atoms with E-state index >= 15 is 8.78 Å². The predicted molar refractivity (Wildman–Crippen MR) is 132 cm³/mol. The van der Waals surface area contributed by atoms with Crippen LogP contribution in [-0.4, -0.2) is 23.3 Å². The van der Waals surface area contributed by atoms with Gasteiger partial charge in [0.25, 0.3) is 0 Å². The summed E-state index contributed by atoms with van der Waals surface area (Å²) in [5.74, 6) is -10.3. The van der Waals surface area contributed by atoms with Crippen LogP contribution in [0.1, 0.15) is 27.7 Å². The fraction of sp³-hybridized carbons (Fsp3) is 0.222. The average molecular weight is 512 g/mol. The molecule has 0 unspecified atom stereocenters. The molecule has 0 aliphatic carbocycles. The molecule has 4 nitrogen and oxygen atoms in total. The molecule has 0 radical (unpaired) electrons. The Kier molecular flexibility index (Phi) is 5.99. The van der Waals surface area contributed by atoms with Gasteiger partial charge in [0.1, 0.15) is 11.5 Å². The summed E-state index contributed by atoms with van der Waals surface area (Å²) in [6.07, 6.45) is 1.39. The number of hydrogen-bond donors (Lipinski definition) is 0. The molecule has 0 amide bonds. The summed E-state index contributed by atoms with van der Waals surface area (Å²) in [6, 6.07) is 15.0. The van der Waals surface area contributed by atoms with E-state index in [-0.39, 0.29) is 11.5 Å². The van der Waals surface area contributed by atoms with Crippen molar-refractivity contribution in [2.24, 2.45) is 0 Å². The molecule has 37 heavy (non-hydrogen) atoms. The van der Waals surface area contributed by atoms with Crippen molar-refractivity contribution in [3.8, 4) is 0 Å². The summed E-state index contributed by atoms with van der Waals surface area (Å²) in [5.41, 5.74) is -1.68. The molecule has 0 atom stereocenters. The summed E-state index contributed by atoms with van der Waals surface area (Å²) in [4.78, 5) is 5.21. The molecule has 1 fully saturated rings. The molecule has 1 aromatic heterocycles. The van der Waals surface area contributed by atoms with Crippen LogP contribution in [0.2, 0.25) is 0 Å². The van der Waals surface area contributed by atoms with E-state index in [1.54, 1.807) is 30.3 Å². The fourth-order valence-electron chi connectivity index (χ4n) is 4.13. The lowest BCUT2D eigenvalue weighted by Gasteiger charge is -2.32. The van der Waals surface area contributed by atoms with E-state index in [2.05, 4.69) is 4.98 Å². The van der Waals surface area contributed by atoms with Crippen molar-refractivity contribution in [1.82, 2.24) is 4.98 Å². The molecule has 0 saturated carbocycles. The number of rotatable bonds is 4. The van der Waals surface area contributed by atoms with Crippen LogP contribution in [-0.2, 0) is 9.31 Å². The van der Waals surface area contributed by atoms with Gasteiger partial charge >= 0.3 is 7.12 Å². The third-order valence-corrected chi connectivity index (χ3v) is 6.93. The first-order valence-electron chi connectivity index (χ1n) is 11.5. The molecule has 0 spiro atoms. The summed E-state index contributed by atoms with van der Waals surface area (Å²) < 4.78 is 84.3. The van der Waals surface area contributed by atoms with Gasteiger partial charge in [0.2, 0.25) is 5.82 Å². The Morgan fingerprint density at radius 2 is 1.27 bits per heavy atom. The molecular formula is C27H22BF5N2O2. The molecule has 0 bridgehead atoms. The highest BCUT2D eigenvalue weighted by molar-refractivity contribution is 6.62. The van der Waals surface area contributed by atoms with E-state index < -0.39 is 53.1 Å². The first-order chi connectivity index (χ1) is 17.4. The summed E-state index contributed by atoms with van der Waals surface area (Å²) in [7, 11) is -0.755. The molecule has 2 heterocycles.